The molecule has 0 saturated heterocycles. The van der Waals surface area contributed by atoms with Gasteiger partial charge in [0.05, 0.1) is 23.5 Å². The van der Waals surface area contributed by atoms with Crippen molar-refractivity contribution in [1.29, 1.82) is 0 Å². The highest BCUT2D eigenvalue weighted by Gasteiger charge is 2.10. The molecule has 0 aliphatic heterocycles. The summed E-state index contributed by atoms with van der Waals surface area (Å²) >= 11 is 3.32. The lowest BCUT2D eigenvalue weighted by molar-refractivity contribution is 0.394. The van der Waals surface area contributed by atoms with Crippen LogP contribution in [0.4, 0.5) is 5.95 Å². The summed E-state index contributed by atoms with van der Waals surface area (Å²) in [6.45, 7) is 4.67. The molecule has 0 fully saturated rings. The molecule has 0 spiro atoms. The Balaban J connectivity index is 2.14. The molecule has 0 aliphatic rings. The monoisotopic (exact) mass is 325 g/mol. The number of hydrogen-bond donors (Lipinski definition) is 1. The minimum absolute atomic E-state index is 0.511. The smallest absolute Gasteiger partial charge is 0.232 e. The van der Waals surface area contributed by atoms with Gasteiger partial charge in [0.15, 0.2) is 0 Å². The minimum Gasteiger partial charge on any atom is -0.480 e. The van der Waals surface area contributed by atoms with E-state index in [1.165, 1.54) is 0 Å². The van der Waals surface area contributed by atoms with Crippen molar-refractivity contribution in [2.75, 3.05) is 12.4 Å². The average Bonchev–Trinajstić information content (AvgIpc) is 2.63. The second-order valence-electron chi connectivity index (χ2n) is 4.18. The number of hydrogen-bond acceptors (Lipinski definition) is 5. The maximum atomic E-state index is 5.13. The van der Waals surface area contributed by atoms with E-state index in [-0.39, 0.29) is 0 Å². The topological polar surface area (TPSA) is 64.9 Å². The first-order valence-electron chi connectivity index (χ1n) is 5.82. The molecule has 0 unspecified atom stereocenters. The summed E-state index contributed by atoms with van der Waals surface area (Å²) in [6.07, 6.45) is 1.66. The number of nitrogens with zero attached hydrogens (tertiary/aromatic N) is 4. The van der Waals surface area contributed by atoms with E-state index < -0.39 is 0 Å². The van der Waals surface area contributed by atoms with E-state index in [0.29, 0.717) is 18.4 Å². The predicted octanol–water partition coefficient (Wildman–Crippen LogP) is 2.21. The van der Waals surface area contributed by atoms with Crippen molar-refractivity contribution in [2.45, 2.75) is 20.4 Å². The van der Waals surface area contributed by atoms with Gasteiger partial charge in [0.25, 0.3) is 0 Å². The molecule has 2 aromatic rings. The fourth-order valence-electron chi connectivity index (χ4n) is 1.82. The fraction of sp³-hybridized carbons (Fsp3) is 0.417. The van der Waals surface area contributed by atoms with E-state index in [2.05, 4.69) is 36.3 Å². The lowest BCUT2D eigenvalue weighted by atomic mass is 10.2. The van der Waals surface area contributed by atoms with Gasteiger partial charge >= 0.3 is 0 Å². The van der Waals surface area contributed by atoms with Gasteiger partial charge in [-0.2, -0.15) is 10.1 Å². The molecule has 0 radical (unpaired) electrons. The Morgan fingerprint density at radius 1 is 1.42 bits per heavy atom. The third kappa shape index (κ3) is 2.86. The first-order valence-corrected chi connectivity index (χ1v) is 6.61. The molecule has 0 saturated carbocycles. The van der Waals surface area contributed by atoms with Crippen molar-refractivity contribution in [2.24, 2.45) is 7.05 Å². The fourth-order valence-corrected chi connectivity index (χ4v) is 2.17. The van der Waals surface area contributed by atoms with Crippen molar-refractivity contribution in [3.05, 3.63) is 27.6 Å². The zero-order valence-corrected chi connectivity index (χ0v) is 12.9. The number of anilines is 1. The molecule has 0 amide bonds. The summed E-state index contributed by atoms with van der Waals surface area (Å²) in [6, 6.07) is 0. The van der Waals surface area contributed by atoms with Gasteiger partial charge in [0, 0.05) is 24.8 Å². The number of rotatable bonds is 4. The molecule has 0 aromatic carbocycles. The van der Waals surface area contributed by atoms with Crippen LogP contribution in [0.2, 0.25) is 0 Å². The van der Waals surface area contributed by atoms with Crippen molar-refractivity contribution in [1.82, 2.24) is 19.7 Å². The maximum absolute atomic E-state index is 5.13. The molecule has 0 bridgehead atoms. The molecular weight excluding hydrogens is 310 g/mol. The zero-order chi connectivity index (χ0) is 14.0. The Morgan fingerprint density at radius 2 is 2.16 bits per heavy atom. The molecule has 6 nitrogen and oxygen atoms in total. The van der Waals surface area contributed by atoms with Crippen LogP contribution in [0.5, 0.6) is 5.88 Å². The third-order valence-corrected chi connectivity index (χ3v) is 3.53. The standard InChI is InChI=1S/C12H16BrN5O/c1-7-9(8(2)18(3)17-7)5-14-12-15-6-10(13)11(16-12)19-4/h6H,5H2,1-4H3,(H,14,15,16). The molecule has 7 heteroatoms. The summed E-state index contributed by atoms with van der Waals surface area (Å²) in [5, 5.41) is 7.56. The number of halogens is 1. The van der Waals surface area contributed by atoms with Gasteiger partial charge in [-0.05, 0) is 29.8 Å². The minimum atomic E-state index is 0.511. The van der Waals surface area contributed by atoms with E-state index >= 15 is 0 Å². The van der Waals surface area contributed by atoms with E-state index in [1.54, 1.807) is 13.3 Å². The van der Waals surface area contributed by atoms with Gasteiger partial charge in [0.2, 0.25) is 11.8 Å². The SMILES string of the molecule is COc1nc(NCc2c(C)nn(C)c2C)ncc1Br. The molecule has 19 heavy (non-hydrogen) atoms. The lowest BCUT2D eigenvalue weighted by Gasteiger charge is -2.07. The summed E-state index contributed by atoms with van der Waals surface area (Å²) in [5.41, 5.74) is 3.30. The Morgan fingerprint density at radius 3 is 2.74 bits per heavy atom. The number of nitrogens with one attached hydrogen (secondary N) is 1. The van der Waals surface area contributed by atoms with Crippen LogP contribution in [-0.2, 0) is 13.6 Å². The number of methoxy groups -OCH3 is 1. The van der Waals surface area contributed by atoms with Crippen LogP contribution in [0.25, 0.3) is 0 Å². The molecule has 2 aromatic heterocycles. The van der Waals surface area contributed by atoms with Gasteiger partial charge < -0.3 is 10.1 Å². The zero-order valence-electron chi connectivity index (χ0n) is 11.4. The summed E-state index contributed by atoms with van der Waals surface area (Å²) < 4.78 is 7.74. The van der Waals surface area contributed by atoms with Crippen LogP contribution in [0.1, 0.15) is 17.0 Å². The number of aryl methyl sites for hydroxylation is 2. The van der Waals surface area contributed by atoms with Crippen LogP contribution in [0, 0.1) is 13.8 Å². The van der Waals surface area contributed by atoms with E-state index in [1.807, 2.05) is 25.6 Å². The first-order chi connectivity index (χ1) is 9.02. The predicted molar refractivity (Wildman–Crippen MR) is 76.3 cm³/mol. The third-order valence-electron chi connectivity index (χ3n) is 2.99. The Hall–Kier alpha value is -1.63. The van der Waals surface area contributed by atoms with Crippen molar-refractivity contribution < 1.29 is 4.74 Å². The molecule has 1 N–H and O–H groups in total. The van der Waals surface area contributed by atoms with Crippen molar-refractivity contribution in [3.8, 4) is 5.88 Å². The number of aromatic nitrogens is 4. The second-order valence-corrected chi connectivity index (χ2v) is 5.03. The highest BCUT2D eigenvalue weighted by Crippen LogP contribution is 2.22. The largest absolute Gasteiger partial charge is 0.480 e. The first kappa shape index (κ1) is 13.8. The van der Waals surface area contributed by atoms with Crippen LogP contribution in [-0.4, -0.2) is 26.9 Å². The summed E-state index contributed by atoms with van der Waals surface area (Å²) in [5.74, 6) is 1.04. The molecule has 2 heterocycles. The maximum Gasteiger partial charge on any atom is 0.232 e. The summed E-state index contributed by atoms with van der Waals surface area (Å²) in [4.78, 5) is 8.45. The van der Waals surface area contributed by atoms with E-state index in [9.17, 15) is 0 Å². The Labute approximate surface area is 120 Å². The van der Waals surface area contributed by atoms with Crippen LogP contribution >= 0.6 is 15.9 Å². The molecular formula is C12H16BrN5O. The second kappa shape index (κ2) is 5.56. The summed E-state index contributed by atoms with van der Waals surface area (Å²) in [7, 11) is 3.51. The van der Waals surface area contributed by atoms with Crippen molar-refractivity contribution in [3.63, 3.8) is 0 Å². The number of ether oxygens (including phenoxy) is 1. The molecule has 2 rings (SSSR count). The van der Waals surface area contributed by atoms with Gasteiger partial charge in [0.1, 0.15) is 0 Å². The quantitative estimate of drug-likeness (QED) is 0.933. The molecule has 102 valence electrons. The van der Waals surface area contributed by atoms with E-state index in [4.69, 9.17) is 4.74 Å². The van der Waals surface area contributed by atoms with Gasteiger partial charge in [-0.3, -0.25) is 4.68 Å². The highest BCUT2D eigenvalue weighted by atomic mass is 79.9. The van der Waals surface area contributed by atoms with Crippen molar-refractivity contribution >= 4 is 21.9 Å². The molecule has 0 atom stereocenters. The van der Waals surface area contributed by atoms with Gasteiger partial charge in [-0.15, -0.1) is 0 Å². The van der Waals surface area contributed by atoms with Crippen LogP contribution in [0.3, 0.4) is 0 Å². The van der Waals surface area contributed by atoms with Crippen LogP contribution < -0.4 is 10.1 Å². The average molecular weight is 326 g/mol. The Bertz CT molecular complexity index is 596. The van der Waals surface area contributed by atoms with Gasteiger partial charge in [-0.25, -0.2) is 4.98 Å². The molecule has 0 aliphatic carbocycles. The van der Waals surface area contributed by atoms with Gasteiger partial charge in [-0.1, -0.05) is 0 Å². The lowest BCUT2D eigenvalue weighted by Crippen LogP contribution is -2.06. The normalized spacial score (nSPS) is 10.6. The Kier molecular flexibility index (Phi) is 4.04. The van der Waals surface area contributed by atoms with Crippen LogP contribution in [0.15, 0.2) is 10.7 Å². The highest BCUT2D eigenvalue weighted by molar-refractivity contribution is 9.10. The van der Waals surface area contributed by atoms with E-state index in [0.717, 1.165) is 21.4 Å².